The average Bonchev–Trinajstić information content (AvgIpc) is 2.24. The van der Waals surface area contributed by atoms with Crippen LogP contribution in [0.1, 0.15) is 34.1 Å². The number of allylic oxidation sites excluding steroid dienone is 4. The Morgan fingerprint density at radius 2 is 1.76 bits per heavy atom. The number of hydrogen-bond acceptors (Lipinski definition) is 2. The second-order valence-electron chi connectivity index (χ2n) is 4.62. The molecule has 0 spiro atoms. The molecule has 0 rings (SSSR count). The van der Waals surface area contributed by atoms with Crippen LogP contribution in [-0.2, 0) is 0 Å². The maximum Gasteiger partial charge on any atom is 0.108 e. The van der Waals surface area contributed by atoms with Crippen molar-refractivity contribution < 1.29 is 5.11 Å². The lowest BCUT2D eigenvalue weighted by molar-refractivity contribution is 0.435. The van der Waals surface area contributed by atoms with Gasteiger partial charge in [0.25, 0.3) is 0 Å². The van der Waals surface area contributed by atoms with Crippen LogP contribution < -0.4 is 5.73 Å². The van der Waals surface area contributed by atoms with Crippen molar-refractivity contribution in [1.29, 1.82) is 0 Å². The van der Waals surface area contributed by atoms with Gasteiger partial charge in [-0.05, 0) is 30.1 Å². The van der Waals surface area contributed by atoms with Crippen molar-refractivity contribution >= 4 is 0 Å². The van der Waals surface area contributed by atoms with Gasteiger partial charge in [-0.25, -0.2) is 0 Å². The molecule has 96 valence electrons. The molecular formula is C15H25NO. The summed E-state index contributed by atoms with van der Waals surface area (Å²) in [7, 11) is 0. The third-order valence-electron chi connectivity index (χ3n) is 2.94. The van der Waals surface area contributed by atoms with Gasteiger partial charge in [0, 0.05) is 11.6 Å². The van der Waals surface area contributed by atoms with Crippen LogP contribution in [0.5, 0.6) is 0 Å². The van der Waals surface area contributed by atoms with Gasteiger partial charge in [0.1, 0.15) is 5.76 Å². The van der Waals surface area contributed by atoms with Gasteiger partial charge < -0.3 is 10.8 Å². The lowest BCUT2D eigenvalue weighted by atomic mass is 9.84. The maximum atomic E-state index is 9.04. The monoisotopic (exact) mass is 235 g/mol. The predicted octanol–water partition coefficient (Wildman–Crippen LogP) is 4.09. The Labute approximate surface area is 105 Å². The highest BCUT2D eigenvalue weighted by Gasteiger charge is 2.16. The number of rotatable bonds is 6. The van der Waals surface area contributed by atoms with Crippen LogP contribution >= 0.6 is 0 Å². The van der Waals surface area contributed by atoms with E-state index in [1.807, 2.05) is 0 Å². The van der Waals surface area contributed by atoms with Crippen LogP contribution in [-0.4, -0.2) is 5.11 Å². The molecule has 0 aliphatic carbocycles. The Morgan fingerprint density at radius 3 is 2.12 bits per heavy atom. The molecule has 1 unspecified atom stereocenters. The fourth-order valence-corrected chi connectivity index (χ4v) is 1.89. The molecule has 0 aromatic rings. The first kappa shape index (κ1) is 15.6. The highest BCUT2D eigenvalue weighted by molar-refractivity contribution is 5.32. The van der Waals surface area contributed by atoms with E-state index in [2.05, 4.69) is 40.9 Å². The van der Waals surface area contributed by atoms with Gasteiger partial charge in [-0.1, -0.05) is 46.4 Å². The van der Waals surface area contributed by atoms with Crippen LogP contribution in [0.3, 0.4) is 0 Å². The minimum Gasteiger partial charge on any atom is -0.509 e. The molecule has 0 saturated carbocycles. The van der Waals surface area contributed by atoms with Crippen LogP contribution in [0.4, 0.5) is 0 Å². The van der Waals surface area contributed by atoms with E-state index >= 15 is 0 Å². The van der Waals surface area contributed by atoms with Gasteiger partial charge in [-0.2, -0.15) is 0 Å². The maximum absolute atomic E-state index is 9.04. The van der Waals surface area contributed by atoms with Gasteiger partial charge in [-0.3, -0.25) is 0 Å². The first-order valence-corrected chi connectivity index (χ1v) is 6.04. The summed E-state index contributed by atoms with van der Waals surface area (Å²) in [4.78, 5) is 0. The Hall–Kier alpha value is -1.44. The van der Waals surface area contributed by atoms with E-state index in [1.165, 1.54) is 11.6 Å². The Morgan fingerprint density at radius 1 is 1.24 bits per heavy atom. The fraction of sp³-hybridized carbons (Fsp3) is 0.467. The predicted molar refractivity (Wildman–Crippen MR) is 75.6 cm³/mol. The smallest absolute Gasteiger partial charge is 0.108 e. The summed E-state index contributed by atoms with van der Waals surface area (Å²) < 4.78 is 0. The Kier molecular flexibility index (Phi) is 6.40. The molecule has 0 amide bonds. The minimum atomic E-state index is 0.0121. The summed E-state index contributed by atoms with van der Waals surface area (Å²) in [5.74, 6) is 0.625. The van der Waals surface area contributed by atoms with Crippen molar-refractivity contribution in [2.75, 3.05) is 0 Å². The second kappa shape index (κ2) is 7.00. The summed E-state index contributed by atoms with van der Waals surface area (Å²) in [5, 5.41) is 9.04. The summed E-state index contributed by atoms with van der Waals surface area (Å²) in [6, 6.07) is 0. The molecule has 0 aliphatic rings. The standard InChI is InChI=1S/C15H25NO/c1-7-11(4)13(6)15(10(2)3)14(16)9-8-12(5)17/h8-10,13,17H,4-5,7,16H2,1-3,6H3/b9-8-,15-14-. The van der Waals surface area contributed by atoms with E-state index in [9.17, 15) is 0 Å². The first-order valence-electron chi connectivity index (χ1n) is 6.04. The van der Waals surface area contributed by atoms with Crippen molar-refractivity contribution in [3.63, 3.8) is 0 Å². The quantitative estimate of drug-likeness (QED) is 0.414. The van der Waals surface area contributed by atoms with Gasteiger partial charge in [-0.15, -0.1) is 0 Å². The highest BCUT2D eigenvalue weighted by Crippen LogP contribution is 2.28. The largest absolute Gasteiger partial charge is 0.509 e. The molecule has 17 heavy (non-hydrogen) atoms. The highest BCUT2D eigenvalue weighted by atomic mass is 16.3. The van der Waals surface area contributed by atoms with Crippen molar-refractivity contribution in [1.82, 2.24) is 0 Å². The molecule has 0 aromatic heterocycles. The molecule has 1 atom stereocenters. The molecule has 2 nitrogen and oxygen atoms in total. The van der Waals surface area contributed by atoms with E-state index in [0.29, 0.717) is 11.6 Å². The summed E-state index contributed by atoms with van der Waals surface area (Å²) in [5.41, 5.74) is 9.09. The number of aliphatic hydroxyl groups is 1. The molecule has 0 fully saturated rings. The second-order valence-corrected chi connectivity index (χ2v) is 4.62. The van der Waals surface area contributed by atoms with Crippen molar-refractivity contribution in [2.45, 2.75) is 34.1 Å². The molecule has 3 N–H and O–H groups in total. The molecule has 0 saturated heterocycles. The lowest BCUT2D eigenvalue weighted by Crippen LogP contribution is -2.14. The summed E-state index contributed by atoms with van der Waals surface area (Å²) in [6.45, 7) is 15.9. The molecule has 0 aromatic carbocycles. The molecule has 2 heteroatoms. The normalized spacial score (nSPS) is 14.9. The number of aliphatic hydroxyl groups excluding tert-OH is 1. The fourth-order valence-electron chi connectivity index (χ4n) is 1.89. The molecular weight excluding hydrogens is 210 g/mol. The van der Waals surface area contributed by atoms with Crippen molar-refractivity contribution in [2.24, 2.45) is 17.6 Å². The number of nitrogens with two attached hydrogens (primary N) is 1. The third kappa shape index (κ3) is 4.94. The Bertz CT molecular complexity index is 348. The van der Waals surface area contributed by atoms with E-state index in [-0.39, 0.29) is 11.7 Å². The Balaban J connectivity index is 5.27. The van der Waals surface area contributed by atoms with Crippen LogP contribution in [0, 0.1) is 11.8 Å². The van der Waals surface area contributed by atoms with Crippen molar-refractivity contribution in [3.8, 4) is 0 Å². The molecule has 0 radical (unpaired) electrons. The van der Waals surface area contributed by atoms with Gasteiger partial charge in [0.15, 0.2) is 0 Å². The van der Waals surface area contributed by atoms with Crippen LogP contribution in [0.15, 0.2) is 47.9 Å². The van der Waals surface area contributed by atoms with E-state index in [1.54, 1.807) is 6.08 Å². The van der Waals surface area contributed by atoms with E-state index in [4.69, 9.17) is 10.8 Å². The molecule has 0 bridgehead atoms. The summed E-state index contributed by atoms with van der Waals surface area (Å²) >= 11 is 0. The van der Waals surface area contributed by atoms with Gasteiger partial charge >= 0.3 is 0 Å². The zero-order chi connectivity index (χ0) is 13.6. The molecule has 0 heterocycles. The summed E-state index contributed by atoms with van der Waals surface area (Å²) in [6.07, 6.45) is 4.16. The average molecular weight is 235 g/mol. The van der Waals surface area contributed by atoms with Gasteiger partial charge in [0.05, 0.1) is 0 Å². The van der Waals surface area contributed by atoms with E-state index < -0.39 is 0 Å². The zero-order valence-electron chi connectivity index (χ0n) is 11.5. The third-order valence-corrected chi connectivity index (χ3v) is 2.94. The SMILES string of the molecule is C=C(O)/C=C\C(N)=C(/C(C)C)C(C)C(=C)CC. The van der Waals surface area contributed by atoms with Gasteiger partial charge in [0.2, 0.25) is 0 Å². The minimum absolute atomic E-state index is 0.0121. The topological polar surface area (TPSA) is 46.2 Å². The zero-order valence-corrected chi connectivity index (χ0v) is 11.5. The lowest BCUT2D eigenvalue weighted by Gasteiger charge is -2.22. The van der Waals surface area contributed by atoms with Crippen LogP contribution in [0.2, 0.25) is 0 Å². The molecule has 0 aliphatic heterocycles. The van der Waals surface area contributed by atoms with E-state index in [0.717, 1.165) is 12.0 Å². The van der Waals surface area contributed by atoms with Crippen molar-refractivity contribution in [3.05, 3.63) is 47.9 Å². The van der Waals surface area contributed by atoms with Crippen LogP contribution in [0.25, 0.3) is 0 Å². The number of hydrogen-bond donors (Lipinski definition) is 2. The first-order chi connectivity index (χ1) is 7.81.